The van der Waals surface area contributed by atoms with E-state index in [4.69, 9.17) is 14.2 Å². The van der Waals surface area contributed by atoms with Crippen LogP contribution in [0.2, 0.25) is 0 Å². The first kappa shape index (κ1) is 56.1. The van der Waals surface area contributed by atoms with Crippen molar-refractivity contribution in [2.75, 3.05) is 13.2 Å². The fourth-order valence-electron chi connectivity index (χ4n) is 5.95. The van der Waals surface area contributed by atoms with Gasteiger partial charge in [-0.2, -0.15) is 0 Å². The van der Waals surface area contributed by atoms with Gasteiger partial charge in [-0.05, 0) is 122 Å². The van der Waals surface area contributed by atoms with Crippen LogP contribution >= 0.6 is 0 Å². The SMILES string of the molecule is CC/C=C\C/C=C\C/C=C\C/C=C\CCCCC(=O)OC[C@@H](COC(=O)CCCCCCC/C=C\CCCCC)OC(=O)CCCC/C=C\C/C=C\C/C=C\C/C=C\CC. The van der Waals surface area contributed by atoms with Crippen LogP contribution in [0.1, 0.15) is 194 Å². The van der Waals surface area contributed by atoms with Crippen molar-refractivity contribution < 1.29 is 28.6 Å². The van der Waals surface area contributed by atoms with E-state index in [1.165, 1.54) is 32.1 Å². The molecule has 0 saturated carbocycles. The third-order valence-electron chi connectivity index (χ3n) is 9.49. The van der Waals surface area contributed by atoms with Gasteiger partial charge >= 0.3 is 17.9 Å². The van der Waals surface area contributed by atoms with Gasteiger partial charge in [-0.15, -0.1) is 0 Å². The molecule has 0 unspecified atom stereocenters. The van der Waals surface area contributed by atoms with Crippen LogP contribution in [0.3, 0.4) is 0 Å². The second-order valence-corrected chi connectivity index (χ2v) is 15.2. The molecule has 0 amide bonds. The second kappa shape index (κ2) is 47.7. The fraction of sp³-hybridized carbons (Fsp3) is 0.611. The number of rotatable bonds is 41. The topological polar surface area (TPSA) is 78.9 Å². The van der Waals surface area contributed by atoms with Crippen LogP contribution in [0.4, 0.5) is 0 Å². The molecule has 0 aliphatic carbocycles. The molecule has 0 aliphatic rings. The van der Waals surface area contributed by atoms with Crippen LogP contribution < -0.4 is 0 Å². The minimum atomic E-state index is -0.820. The van der Waals surface area contributed by atoms with Crippen molar-refractivity contribution in [2.24, 2.45) is 0 Å². The molecular formula is C54H86O6. The van der Waals surface area contributed by atoms with Gasteiger partial charge in [-0.25, -0.2) is 0 Å². The highest BCUT2D eigenvalue weighted by atomic mass is 16.6. The van der Waals surface area contributed by atoms with Crippen LogP contribution in [0, 0.1) is 0 Å². The molecule has 0 aromatic heterocycles. The van der Waals surface area contributed by atoms with Crippen LogP contribution in [-0.2, 0) is 28.6 Å². The predicted molar refractivity (Wildman–Crippen MR) is 256 cm³/mol. The smallest absolute Gasteiger partial charge is 0.306 e. The zero-order chi connectivity index (χ0) is 43.7. The van der Waals surface area contributed by atoms with E-state index in [0.717, 1.165) is 109 Å². The standard InChI is InChI=1S/C54H86O6/c1-4-7-10-13-16-19-22-25-27-29-32-35-38-41-44-47-53(56)59-50-51(49-58-52(55)46-43-40-37-34-31-24-21-18-15-12-9-6-3)60-54(57)48-45-42-39-36-33-30-28-26-23-20-17-14-11-8-5-2/h7-8,10-11,16-21,25-28,32-33,35-36,51H,4-6,9,12-15,22-24,29-31,34,37-50H2,1-3H3/b10-7-,11-8-,19-16-,20-17-,21-18-,27-25-,28-26-,35-32-,36-33-/t51-/m1/s1. The molecule has 0 aliphatic heterocycles. The molecular weight excluding hydrogens is 745 g/mol. The van der Waals surface area contributed by atoms with E-state index >= 15 is 0 Å². The number of esters is 3. The lowest BCUT2D eigenvalue weighted by atomic mass is 10.1. The van der Waals surface area contributed by atoms with Crippen molar-refractivity contribution >= 4 is 17.9 Å². The fourth-order valence-corrected chi connectivity index (χ4v) is 5.95. The van der Waals surface area contributed by atoms with Gasteiger partial charge in [0.2, 0.25) is 0 Å². The lowest BCUT2D eigenvalue weighted by molar-refractivity contribution is -0.167. The maximum Gasteiger partial charge on any atom is 0.306 e. The zero-order valence-corrected chi connectivity index (χ0v) is 38.4. The maximum absolute atomic E-state index is 12.7. The lowest BCUT2D eigenvalue weighted by Crippen LogP contribution is -2.30. The summed E-state index contributed by atoms with van der Waals surface area (Å²) in [5.41, 5.74) is 0. The van der Waals surface area contributed by atoms with E-state index in [1.807, 2.05) is 0 Å². The van der Waals surface area contributed by atoms with Crippen molar-refractivity contribution in [3.05, 3.63) is 109 Å². The Morgan fingerprint density at radius 1 is 0.350 bits per heavy atom. The molecule has 6 heteroatoms. The van der Waals surface area contributed by atoms with Crippen molar-refractivity contribution in [2.45, 2.75) is 200 Å². The summed E-state index contributed by atoms with van der Waals surface area (Å²) in [6.07, 6.45) is 63.6. The molecule has 0 bridgehead atoms. The van der Waals surface area contributed by atoms with Gasteiger partial charge in [0.15, 0.2) is 6.10 Å². The largest absolute Gasteiger partial charge is 0.462 e. The van der Waals surface area contributed by atoms with Crippen molar-refractivity contribution in [1.82, 2.24) is 0 Å². The Balaban J connectivity index is 4.56. The summed E-state index contributed by atoms with van der Waals surface area (Å²) in [4.78, 5) is 37.8. The van der Waals surface area contributed by atoms with Crippen molar-refractivity contribution in [3.63, 3.8) is 0 Å². The molecule has 0 heterocycles. The predicted octanol–water partition coefficient (Wildman–Crippen LogP) is 15.6. The molecule has 0 saturated heterocycles. The normalized spacial score (nSPS) is 13.1. The molecule has 60 heavy (non-hydrogen) atoms. The molecule has 6 nitrogen and oxygen atoms in total. The molecule has 0 spiro atoms. The molecule has 0 rings (SSSR count). The van der Waals surface area contributed by atoms with E-state index in [1.54, 1.807) is 0 Å². The summed E-state index contributed by atoms with van der Waals surface area (Å²) >= 11 is 0. The number of ether oxygens (including phenoxy) is 3. The van der Waals surface area contributed by atoms with Crippen molar-refractivity contribution in [3.8, 4) is 0 Å². The Labute approximate surface area is 368 Å². The van der Waals surface area contributed by atoms with Crippen LogP contribution in [-0.4, -0.2) is 37.2 Å². The molecule has 0 aromatic rings. The van der Waals surface area contributed by atoms with E-state index < -0.39 is 6.10 Å². The lowest BCUT2D eigenvalue weighted by Gasteiger charge is -2.18. The summed E-state index contributed by atoms with van der Waals surface area (Å²) in [6.45, 7) is 6.28. The Morgan fingerprint density at radius 2 is 0.650 bits per heavy atom. The Bertz CT molecular complexity index is 1280. The number of allylic oxidation sites excluding steroid dienone is 18. The number of carbonyl (C=O) groups is 3. The van der Waals surface area contributed by atoms with E-state index in [2.05, 4.69) is 130 Å². The quantitative estimate of drug-likeness (QED) is 0.0264. The van der Waals surface area contributed by atoms with Crippen molar-refractivity contribution in [1.29, 1.82) is 0 Å². The summed E-state index contributed by atoms with van der Waals surface area (Å²) < 4.78 is 16.7. The molecule has 0 aromatic carbocycles. The number of carbonyl (C=O) groups excluding carboxylic acids is 3. The van der Waals surface area contributed by atoms with Gasteiger partial charge in [-0.1, -0.05) is 162 Å². The van der Waals surface area contributed by atoms with Gasteiger partial charge < -0.3 is 14.2 Å². The average molecular weight is 831 g/mol. The first-order valence-electron chi connectivity index (χ1n) is 23.9. The first-order chi connectivity index (χ1) is 29.5. The molecule has 1 atom stereocenters. The number of unbranched alkanes of at least 4 members (excludes halogenated alkanes) is 12. The highest BCUT2D eigenvalue weighted by Crippen LogP contribution is 2.11. The first-order valence-corrected chi connectivity index (χ1v) is 23.9. The second-order valence-electron chi connectivity index (χ2n) is 15.2. The Hall–Kier alpha value is -3.93. The number of hydrogen-bond acceptors (Lipinski definition) is 6. The summed E-state index contributed by atoms with van der Waals surface area (Å²) in [5, 5.41) is 0. The van der Waals surface area contributed by atoms with Gasteiger partial charge in [-0.3, -0.25) is 14.4 Å². The minimum absolute atomic E-state index is 0.115. The van der Waals surface area contributed by atoms with Crippen LogP contribution in [0.15, 0.2) is 109 Å². The third-order valence-corrected chi connectivity index (χ3v) is 9.49. The number of hydrogen-bond donors (Lipinski definition) is 0. The Morgan fingerprint density at radius 3 is 1.07 bits per heavy atom. The van der Waals surface area contributed by atoms with E-state index in [0.29, 0.717) is 25.7 Å². The summed E-state index contributed by atoms with van der Waals surface area (Å²) in [7, 11) is 0. The summed E-state index contributed by atoms with van der Waals surface area (Å²) in [6, 6.07) is 0. The summed E-state index contributed by atoms with van der Waals surface area (Å²) in [5.74, 6) is -1.02. The van der Waals surface area contributed by atoms with E-state index in [9.17, 15) is 14.4 Å². The van der Waals surface area contributed by atoms with E-state index in [-0.39, 0.29) is 37.5 Å². The molecule has 0 radical (unpaired) electrons. The molecule has 0 fully saturated rings. The van der Waals surface area contributed by atoms with Gasteiger partial charge in [0, 0.05) is 19.3 Å². The Kier molecular flexibility index (Phi) is 44.6. The van der Waals surface area contributed by atoms with Crippen LogP contribution in [0.25, 0.3) is 0 Å². The van der Waals surface area contributed by atoms with Gasteiger partial charge in [0.25, 0.3) is 0 Å². The van der Waals surface area contributed by atoms with Crippen LogP contribution in [0.5, 0.6) is 0 Å². The highest BCUT2D eigenvalue weighted by molar-refractivity contribution is 5.71. The monoisotopic (exact) mass is 831 g/mol. The highest BCUT2D eigenvalue weighted by Gasteiger charge is 2.19. The maximum atomic E-state index is 12.7. The molecule has 338 valence electrons. The van der Waals surface area contributed by atoms with Gasteiger partial charge in [0.1, 0.15) is 13.2 Å². The minimum Gasteiger partial charge on any atom is -0.462 e. The third kappa shape index (κ3) is 45.2. The average Bonchev–Trinajstić information content (AvgIpc) is 3.24. The van der Waals surface area contributed by atoms with Gasteiger partial charge in [0.05, 0.1) is 0 Å². The zero-order valence-electron chi connectivity index (χ0n) is 38.4. The molecule has 0 N–H and O–H groups in total.